The summed E-state index contributed by atoms with van der Waals surface area (Å²) in [4.78, 5) is 12.4. The van der Waals surface area contributed by atoms with Gasteiger partial charge in [-0.3, -0.25) is 4.79 Å². The largest absolute Gasteiger partial charge is 0.349 e. The van der Waals surface area contributed by atoms with Crippen molar-refractivity contribution in [1.29, 1.82) is 0 Å². The number of carbonyl (C=O) groups is 1. The molecule has 0 heterocycles. The third-order valence-electron chi connectivity index (χ3n) is 4.15. The van der Waals surface area contributed by atoms with Crippen molar-refractivity contribution >= 4 is 37.8 Å². The van der Waals surface area contributed by atoms with Gasteiger partial charge in [0.05, 0.1) is 5.56 Å². The Bertz CT molecular complexity index is 470. The highest BCUT2D eigenvalue weighted by Crippen LogP contribution is 2.28. The van der Waals surface area contributed by atoms with Gasteiger partial charge in [0.2, 0.25) is 0 Å². The Kier molecular flexibility index (Phi) is 6.09. The predicted octanol–water partition coefficient (Wildman–Crippen LogP) is 5.30. The zero-order chi connectivity index (χ0) is 14.5. The summed E-state index contributed by atoms with van der Waals surface area (Å²) in [6.07, 6.45) is 7.46. The Morgan fingerprint density at radius 1 is 1.30 bits per heavy atom. The molecule has 0 radical (unpaired) electrons. The molecule has 0 spiro atoms. The molecule has 1 fully saturated rings. The van der Waals surface area contributed by atoms with E-state index >= 15 is 0 Å². The summed E-state index contributed by atoms with van der Waals surface area (Å²) >= 11 is 6.88. The Morgan fingerprint density at radius 3 is 2.60 bits per heavy atom. The van der Waals surface area contributed by atoms with Crippen molar-refractivity contribution < 1.29 is 4.79 Å². The van der Waals surface area contributed by atoms with Crippen molar-refractivity contribution in [3.63, 3.8) is 0 Å². The lowest BCUT2D eigenvalue weighted by molar-refractivity contribution is 0.0910. The van der Waals surface area contributed by atoms with Crippen LogP contribution in [0.15, 0.2) is 27.1 Å². The first-order chi connectivity index (χ1) is 9.61. The van der Waals surface area contributed by atoms with Crippen molar-refractivity contribution in [1.82, 2.24) is 5.32 Å². The van der Waals surface area contributed by atoms with Crippen LogP contribution in [0.25, 0.3) is 0 Å². The van der Waals surface area contributed by atoms with Gasteiger partial charge in [-0.1, -0.05) is 42.1 Å². The molecule has 1 aromatic carbocycles. The molecule has 0 aromatic heterocycles. The van der Waals surface area contributed by atoms with Gasteiger partial charge in [0, 0.05) is 15.0 Å². The summed E-state index contributed by atoms with van der Waals surface area (Å²) in [7, 11) is 0. The zero-order valence-corrected chi connectivity index (χ0v) is 15.0. The lowest BCUT2D eigenvalue weighted by atomic mass is 9.83. The minimum Gasteiger partial charge on any atom is -0.349 e. The smallest absolute Gasteiger partial charge is 0.252 e. The average molecular weight is 403 g/mol. The Hall–Kier alpha value is -0.350. The first kappa shape index (κ1) is 16.0. The molecule has 0 aliphatic heterocycles. The van der Waals surface area contributed by atoms with E-state index in [-0.39, 0.29) is 5.91 Å². The predicted molar refractivity (Wildman–Crippen MR) is 90.0 cm³/mol. The summed E-state index contributed by atoms with van der Waals surface area (Å²) in [5.74, 6) is 0.675. The molecule has 1 atom stereocenters. The van der Waals surface area contributed by atoms with Crippen molar-refractivity contribution in [2.75, 3.05) is 0 Å². The van der Waals surface area contributed by atoms with E-state index in [1.165, 1.54) is 32.1 Å². The second-order valence-corrected chi connectivity index (χ2v) is 7.28. The van der Waals surface area contributed by atoms with Gasteiger partial charge >= 0.3 is 0 Å². The highest BCUT2D eigenvalue weighted by Gasteiger charge is 2.24. The lowest BCUT2D eigenvalue weighted by Gasteiger charge is -2.30. The fourth-order valence-electron chi connectivity index (χ4n) is 3.01. The van der Waals surface area contributed by atoms with Crippen molar-refractivity contribution in [2.45, 2.75) is 51.5 Å². The van der Waals surface area contributed by atoms with Gasteiger partial charge in [-0.05, 0) is 59.3 Å². The first-order valence-corrected chi connectivity index (χ1v) is 8.96. The topological polar surface area (TPSA) is 29.1 Å². The number of halogens is 2. The second kappa shape index (κ2) is 7.60. The van der Waals surface area contributed by atoms with Gasteiger partial charge < -0.3 is 5.32 Å². The van der Waals surface area contributed by atoms with Crippen molar-refractivity contribution in [3.05, 3.63) is 32.7 Å². The molecule has 1 saturated carbocycles. The standard InChI is InChI=1S/C16H21Br2NO/c1-2-15(11-6-4-3-5-7-11)19-16(20)13-9-8-12(17)10-14(13)18/h8-11,15H,2-7H2,1H3,(H,19,20). The van der Waals surface area contributed by atoms with Gasteiger partial charge in [0.15, 0.2) is 0 Å². The van der Waals surface area contributed by atoms with E-state index in [9.17, 15) is 4.79 Å². The molecule has 20 heavy (non-hydrogen) atoms. The Labute approximate surface area is 138 Å². The van der Waals surface area contributed by atoms with Crippen molar-refractivity contribution in [2.24, 2.45) is 5.92 Å². The molecule has 0 saturated heterocycles. The number of rotatable bonds is 4. The maximum Gasteiger partial charge on any atom is 0.252 e. The Balaban J connectivity index is 2.04. The molecule has 2 rings (SSSR count). The van der Waals surface area contributed by atoms with Crippen LogP contribution in [0.5, 0.6) is 0 Å². The quantitative estimate of drug-likeness (QED) is 0.727. The van der Waals surface area contributed by atoms with Crippen LogP contribution in [0.2, 0.25) is 0 Å². The van der Waals surface area contributed by atoms with E-state index < -0.39 is 0 Å². The molecular weight excluding hydrogens is 382 g/mol. The SMILES string of the molecule is CCC(NC(=O)c1ccc(Br)cc1Br)C1CCCCC1. The van der Waals surface area contributed by atoms with E-state index in [4.69, 9.17) is 0 Å². The fourth-order valence-corrected chi connectivity index (χ4v) is 4.24. The molecule has 1 aromatic rings. The zero-order valence-electron chi connectivity index (χ0n) is 11.8. The first-order valence-electron chi connectivity index (χ1n) is 7.37. The molecule has 4 heteroatoms. The van der Waals surface area contributed by atoms with E-state index in [0.29, 0.717) is 17.5 Å². The molecule has 0 bridgehead atoms. The number of carbonyl (C=O) groups excluding carboxylic acids is 1. The second-order valence-electron chi connectivity index (χ2n) is 5.51. The number of benzene rings is 1. The maximum atomic E-state index is 12.4. The molecule has 1 aliphatic rings. The monoisotopic (exact) mass is 401 g/mol. The summed E-state index contributed by atoms with van der Waals surface area (Å²) in [5, 5.41) is 3.23. The van der Waals surface area contributed by atoms with Crippen LogP contribution < -0.4 is 5.32 Å². The Morgan fingerprint density at radius 2 is 2.00 bits per heavy atom. The number of hydrogen-bond acceptors (Lipinski definition) is 1. The van der Waals surface area contributed by atoms with Gasteiger partial charge in [-0.25, -0.2) is 0 Å². The van der Waals surface area contributed by atoms with E-state index in [1.807, 2.05) is 18.2 Å². The third-order valence-corrected chi connectivity index (χ3v) is 5.30. The van der Waals surface area contributed by atoms with Crippen molar-refractivity contribution in [3.8, 4) is 0 Å². The molecule has 1 amide bonds. The van der Waals surface area contributed by atoms with Gasteiger partial charge in [-0.15, -0.1) is 0 Å². The number of hydrogen-bond donors (Lipinski definition) is 1. The molecule has 110 valence electrons. The van der Waals surface area contributed by atoms with Crippen LogP contribution in [-0.4, -0.2) is 11.9 Å². The fraction of sp³-hybridized carbons (Fsp3) is 0.562. The van der Waals surface area contributed by atoms with Crippen LogP contribution in [0.1, 0.15) is 55.8 Å². The van der Waals surface area contributed by atoms with Gasteiger partial charge in [-0.2, -0.15) is 0 Å². The highest BCUT2D eigenvalue weighted by atomic mass is 79.9. The summed E-state index contributed by atoms with van der Waals surface area (Å²) in [6, 6.07) is 5.98. The van der Waals surface area contributed by atoms with Crippen LogP contribution in [0.3, 0.4) is 0 Å². The lowest BCUT2D eigenvalue weighted by Crippen LogP contribution is -2.40. The molecular formula is C16H21Br2NO. The van der Waals surface area contributed by atoms with E-state index in [0.717, 1.165) is 15.4 Å². The molecule has 1 unspecified atom stereocenters. The molecule has 1 N–H and O–H groups in total. The average Bonchev–Trinajstić information content (AvgIpc) is 2.45. The molecule has 2 nitrogen and oxygen atoms in total. The number of amides is 1. The van der Waals surface area contributed by atoms with E-state index in [1.54, 1.807) is 0 Å². The van der Waals surface area contributed by atoms with Gasteiger partial charge in [0.25, 0.3) is 5.91 Å². The number of nitrogens with one attached hydrogen (secondary N) is 1. The summed E-state index contributed by atoms with van der Waals surface area (Å²) in [6.45, 7) is 2.16. The summed E-state index contributed by atoms with van der Waals surface area (Å²) < 4.78 is 1.81. The summed E-state index contributed by atoms with van der Waals surface area (Å²) in [5.41, 5.74) is 0.711. The van der Waals surface area contributed by atoms with Crippen LogP contribution in [-0.2, 0) is 0 Å². The van der Waals surface area contributed by atoms with Gasteiger partial charge in [0.1, 0.15) is 0 Å². The minimum atomic E-state index is 0.0294. The molecule has 1 aliphatic carbocycles. The minimum absolute atomic E-state index is 0.0294. The third kappa shape index (κ3) is 4.08. The van der Waals surface area contributed by atoms with Crippen LogP contribution >= 0.6 is 31.9 Å². The van der Waals surface area contributed by atoms with Crippen LogP contribution in [0, 0.1) is 5.92 Å². The van der Waals surface area contributed by atoms with E-state index in [2.05, 4.69) is 44.1 Å². The maximum absolute atomic E-state index is 12.4. The highest BCUT2D eigenvalue weighted by molar-refractivity contribution is 9.11. The normalized spacial score (nSPS) is 17.8. The van der Waals surface area contributed by atoms with Crippen LogP contribution in [0.4, 0.5) is 0 Å².